The van der Waals surface area contributed by atoms with Crippen LogP contribution in [0.4, 0.5) is 5.82 Å². The van der Waals surface area contributed by atoms with E-state index in [0.717, 1.165) is 28.3 Å². The number of aromatic nitrogens is 2. The summed E-state index contributed by atoms with van der Waals surface area (Å²) in [6.07, 6.45) is 1.68. The number of anilines is 1. The van der Waals surface area contributed by atoms with Crippen molar-refractivity contribution in [3.8, 4) is 0 Å². The molecule has 3 rings (SSSR count). The fourth-order valence-corrected chi connectivity index (χ4v) is 3.42. The van der Waals surface area contributed by atoms with Gasteiger partial charge in [0, 0.05) is 4.88 Å². The number of nitrogens with zero attached hydrogens (tertiary/aromatic N) is 3. The third kappa shape index (κ3) is 2.77. The Kier molecular flexibility index (Phi) is 3.65. The molecule has 0 aromatic carbocycles. The van der Waals surface area contributed by atoms with Crippen molar-refractivity contribution in [3.63, 3.8) is 0 Å². The monoisotopic (exact) mass is 302 g/mol. The molecule has 0 atom stereocenters. The van der Waals surface area contributed by atoms with Gasteiger partial charge < -0.3 is 10.2 Å². The lowest BCUT2D eigenvalue weighted by Gasteiger charge is -2.14. The molecule has 6 heteroatoms. The smallest absolute Gasteiger partial charge is 0.146 e. The highest BCUT2D eigenvalue weighted by Gasteiger charge is 2.14. The minimum atomic E-state index is 0.572. The molecule has 0 amide bonds. The van der Waals surface area contributed by atoms with Gasteiger partial charge in [-0.1, -0.05) is 0 Å². The number of nitrogen functional groups attached to an aromatic ring is 1. The number of aryl methyl sites for hydroxylation is 2. The summed E-state index contributed by atoms with van der Waals surface area (Å²) in [5, 5.41) is 0.995. The maximum atomic E-state index is 6.10. The van der Waals surface area contributed by atoms with Crippen LogP contribution in [-0.4, -0.2) is 21.9 Å². The van der Waals surface area contributed by atoms with Crippen LogP contribution in [0, 0.1) is 13.8 Å². The van der Waals surface area contributed by atoms with E-state index in [1.807, 2.05) is 19.2 Å². The number of thiophene rings is 1. The molecule has 0 aliphatic rings. The molecule has 0 unspecified atom stereocenters. The van der Waals surface area contributed by atoms with Gasteiger partial charge in [-0.3, -0.25) is 4.90 Å². The number of fused-ring (bicyclic) bond motifs is 1. The molecule has 3 heterocycles. The predicted octanol–water partition coefficient (Wildman–Crippen LogP) is 3.12. The van der Waals surface area contributed by atoms with Crippen molar-refractivity contribution in [2.45, 2.75) is 26.9 Å². The summed E-state index contributed by atoms with van der Waals surface area (Å²) < 4.78 is 5.35. The molecule has 0 aliphatic carbocycles. The molecule has 110 valence electrons. The third-order valence-corrected chi connectivity index (χ3v) is 4.62. The first-order chi connectivity index (χ1) is 10.0. The van der Waals surface area contributed by atoms with Crippen molar-refractivity contribution < 1.29 is 4.42 Å². The maximum Gasteiger partial charge on any atom is 0.146 e. The van der Waals surface area contributed by atoms with Crippen molar-refractivity contribution in [1.82, 2.24) is 14.9 Å². The second-order valence-electron chi connectivity index (χ2n) is 5.24. The van der Waals surface area contributed by atoms with Gasteiger partial charge in [0.15, 0.2) is 0 Å². The van der Waals surface area contributed by atoms with Crippen LogP contribution in [0.3, 0.4) is 0 Å². The van der Waals surface area contributed by atoms with Gasteiger partial charge in [0.25, 0.3) is 0 Å². The van der Waals surface area contributed by atoms with Crippen LogP contribution in [-0.2, 0) is 13.1 Å². The Labute approximate surface area is 127 Å². The number of hydrogen-bond donors (Lipinski definition) is 1. The molecule has 0 aliphatic heterocycles. The lowest BCUT2D eigenvalue weighted by Crippen LogP contribution is -2.19. The van der Waals surface area contributed by atoms with Gasteiger partial charge >= 0.3 is 0 Å². The van der Waals surface area contributed by atoms with Crippen LogP contribution in [0.1, 0.15) is 22.0 Å². The zero-order valence-electron chi connectivity index (χ0n) is 12.4. The second-order valence-corrected chi connectivity index (χ2v) is 6.44. The topological polar surface area (TPSA) is 68.2 Å². The first kappa shape index (κ1) is 14.0. The lowest BCUT2D eigenvalue weighted by molar-refractivity contribution is 0.282. The Morgan fingerprint density at radius 1 is 1.29 bits per heavy atom. The van der Waals surface area contributed by atoms with Crippen LogP contribution in [0.25, 0.3) is 10.2 Å². The molecule has 0 bridgehead atoms. The average molecular weight is 302 g/mol. The van der Waals surface area contributed by atoms with Crippen molar-refractivity contribution >= 4 is 27.4 Å². The second kappa shape index (κ2) is 5.46. The van der Waals surface area contributed by atoms with E-state index < -0.39 is 0 Å². The molecule has 0 saturated heterocycles. The Morgan fingerprint density at radius 3 is 2.81 bits per heavy atom. The Balaban J connectivity index is 1.84. The Bertz CT molecular complexity index is 764. The van der Waals surface area contributed by atoms with Gasteiger partial charge in [-0.2, -0.15) is 0 Å². The molecule has 0 spiro atoms. The van der Waals surface area contributed by atoms with Crippen LogP contribution in [0.5, 0.6) is 0 Å². The molecule has 3 aromatic rings. The van der Waals surface area contributed by atoms with Crippen molar-refractivity contribution in [2.75, 3.05) is 12.8 Å². The molecule has 0 fully saturated rings. The molecular weight excluding hydrogens is 284 g/mol. The molecule has 0 saturated carbocycles. The summed E-state index contributed by atoms with van der Waals surface area (Å²) in [5.74, 6) is 2.24. The van der Waals surface area contributed by atoms with Crippen molar-refractivity contribution in [3.05, 3.63) is 40.4 Å². The van der Waals surface area contributed by atoms with Crippen molar-refractivity contribution in [2.24, 2.45) is 0 Å². The summed E-state index contributed by atoms with van der Waals surface area (Å²) in [7, 11) is 2.01. The number of nitrogens with two attached hydrogens (primary N) is 1. The van der Waals surface area contributed by atoms with Gasteiger partial charge in [0.1, 0.15) is 22.2 Å². The molecule has 5 nitrogen and oxygen atoms in total. The predicted molar refractivity (Wildman–Crippen MR) is 85.2 cm³/mol. The molecular formula is C15H18N4OS. The van der Waals surface area contributed by atoms with E-state index in [-0.39, 0.29) is 0 Å². The van der Waals surface area contributed by atoms with E-state index in [1.54, 1.807) is 17.6 Å². The van der Waals surface area contributed by atoms with Crippen LogP contribution in [0.2, 0.25) is 0 Å². The standard InChI is InChI=1S/C15H18N4OS/c1-9-10(2)21-15-13(9)14(16)17-12(18-15)8-19(3)7-11-5-4-6-20-11/h4-6H,7-8H2,1-3H3,(H2,16,17,18). The number of rotatable bonds is 4. The number of furan rings is 1. The van der Waals surface area contributed by atoms with Gasteiger partial charge in [0.05, 0.1) is 24.7 Å². The zero-order valence-corrected chi connectivity index (χ0v) is 13.2. The Hall–Kier alpha value is -1.92. The fraction of sp³-hybridized carbons (Fsp3) is 0.333. The largest absolute Gasteiger partial charge is 0.468 e. The third-order valence-electron chi connectivity index (χ3n) is 3.52. The lowest BCUT2D eigenvalue weighted by atomic mass is 10.2. The zero-order chi connectivity index (χ0) is 15.0. The molecule has 3 aromatic heterocycles. The summed E-state index contributed by atoms with van der Waals surface area (Å²) in [6, 6.07) is 3.85. The van der Waals surface area contributed by atoms with E-state index in [4.69, 9.17) is 10.2 Å². The summed E-state index contributed by atoms with van der Waals surface area (Å²) in [4.78, 5) is 13.4. The number of hydrogen-bond acceptors (Lipinski definition) is 6. The highest BCUT2D eigenvalue weighted by molar-refractivity contribution is 7.18. The van der Waals surface area contributed by atoms with E-state index >= 15 is 0 Å². The minimum Gasteiger partial charge on any atom is -0.468 e. The summed E-state index contributed by atoms with van der Waals surface area (Å²) in [5.41, 5.74) is 7.28. The highest BCUT2D eigenvalue weighted by Crippen LogP contribution is 2.31. The van der Waals surface area contributed by atoms with Gasteiger partial charge in [0.2, 0.25) is 0 Å². The van der Waals surface area contributed by atoms with Gasteiger partial charge in [-0.05, 0) is 38.6 Å². The summed E-state index contributed by atoms with van der Waals surface area (Å²) >= 11 is 1.67. The first-order valence-electron chi connectivity index (χ1n) is 6.77. The van der Waals surface area contributed by atoms with E-state index in [0.29, 0.717) is 12.4 Å². The highest BCUT2D eigenvalue weighted by atomic mass is 32.1. The molecule has 2 N–H and O–H groups in total. The van der Waals surface area contributed by atoms with Crippen LogP contribution < -0.4 is 5.73 Å². The van der Waals surface area contributed by atoms with Gasteiger partial charge in [-0.25, -0.2) is 9.97 Å². The fourth-order valence-electron chi connectivity index (χ4n) is 2.36. The van der Waals surface area contributed by atoms with Crippen LogP contribution in [0.15, 0.2) is 22.8 Å². The van der Waals surface area contributed by atoms with E-state index in [9.17, 15) is 0 Å². The average Bonchev–Trinajstić information content (AvgIpc) is 2.99. The normalized spacial score (nSPS) is 11.6. The maximum absolute atomic E-state index is 6.10. The SMILES string of the molecule is Cc1sc2nc(CN(C)Cc3ccco3)nc(N)c2c1C. The van der Waals surface area contributed by atoms with E-state index in [1.165, 1.54) is 10.4 Å². The van der Waals surface area contributed by atoms with Gasteiger partial charge in [-0.15, -0.1) is 11.3 Å². The van der Waals surface area contributed by atoms with Crippen LogP contribution >= 0.6 is 11.3 Å². The van der Waals surface area contributed by atoms with E-state index in [2.05, 4.69) is 28.7 Å². The quantitative estimate of drug-likeness (QED) is 0.802. The summed E-state index contributed by atoms with van der Waals surface area (Å²) in [6.45, 7) is 5.51. The van der Waals surface area contributed by atoms with Crippen molar-refractivity contribution in [1.29, 1.82) is 0 Å². The first-order valence-corrected chi connectivity index (χ1v) is 7.59. The molecule has 0 radical (unpaired) electrons. The Morgan fingerprint density at radius 2 is 2.10 bits per heavy atom. The molecule has 21 heavy (non-hydrogen) atoms. The minimum absolute atomic E-state index is 0.572.